The van der Waals surface area contributed by atoms with Crippen molar-refractivity contribution in [1.29, 1.82) is 0 Å². The van der Waals surface area contributed by atoms with Gasteiger partial charge in [0.25, 0.3) is 5.56 Å². The Kier molecular flexibility index (Phi) is 6.33. The smallest absolute Gasteiger partial charge is 0.266 e. The zero-order valence-corrected chi connectivity index (χ0v) is 15.7. The number of aryl methyl sites for hydroxylation is 1. The number of halogens is 2. The van der Waals surface area contributed by atoms with E-state index < -0.39 is 11.6 Å². The largest absolute Gasteiger partial charge is 0.497 e. The molecule has 0 unspecified atom stereocenters. The van der Waals surface area contributed by atoms with Gasteiger partial charge in [-0.3, -0.25) is 9.59 Å². The van der Waals surface area contributed by atoms with Crippen molar-refractivity contribution in [2.24, 2.45) is 0 Å². The Morgan fingerprint density at radius 1 is 1.07 bits per heavy atom. The fourth-order valence-corrected chi connectivity index (χ4v) is 2.71. The van der Waals surface area contributed by atoms with E-state index in [0.717, 1.165) is 17.7 Å². The summed E-state index contributed by atoms with van der Waals surface area (Å²) in [5.74, 6) is -1.66. The average molecular weight is 399 g/mol. The third-order valence-corrected chi connectivity index (χ3v) is 4.23. The van der Waals surface area contributed by atoms with Gasteiger partial charge in [0.2, 0.25) is 5.91 Å². The summed E-state index contributed by atoms with van der Waals surface area (Å²) in [6.45, 7) is 0.244. The van der Waals surface area contributed by atoms with Gasteiger partial charge in [-0.25, -0.2) is 13.5 Å². The highest BCUT2D eigenvalue weighted by atomic mass is 19.2. The zero-order valence-electron chi connectivity index (χ0n) is 15.7. The van der Waals surface area contributed by atoms with Crippen molar-refractivity contribution in [3.63, 3.8) is 0 Å². The molecule has 0 atom stereocenters. The Hall–Kier alpha value is -3.55. The number of carbonyl (C=O) groups is 1. The van der Waals surface area contributed by atoms with E-state index in [1.807, 2.05) is 12.1 Å². The van der Waals surface area contributed by atoms with Gasteiger partial charge in [0, 0.05) is 36.3 Å². The molecular formula is C21H19F2N3O3. The molecule has 0 fully saturated rings. The summed E-state index contributed by atoms with van der Waals surface area (Å²) in [5, 5.41) is 6.83. The van der Waals surface area contributed by atoms with Crippen LogP contribution in [0.4, 0.5) is 14.5 Å². The summed E-state index contributed by atoms with van der Waals surface area (Å²) in [7, 11) is 1.58. The van der Waals surface area contributed by atoms with Gasteiger partial charge < -0.3 is 10.1 Å². The lowest BCUT2D eigenvalue weighted by atomic mass is 10.1. The van der Waals surface area contributed by atoms with Crippen LogP contribution in [0.1, 0.15) is 12.8 Å². The molecule has 0 saturated heterocycles. The number of ether oxygens (including phenoxy) is 1. The molecule has 1 aromatic heterocycles. The Morgan fingerprint density at radius 2 is 1.83 bits per heavy atom. The highest BCUT2D eigenvalue weighted by molar-refractivity contribution is 5.90. The Labute approximate surface area is 165 Å². The SMILES string of the molecule is COc1ccc(-c2ccc(=O)n(CCCC(=O)Nc3ccc(F)c(F)c3)n2)cc1. The number of anilines is 1. The molecule has 0 spiro atoms. The third-order valence-electron chi connectivity index (χ3n) is 4.23. The van der Waals surface area contributed by atoms with Crippen LogP contribution in [0.3, 0.4) is 0 Å². The van der Waals surface area contributed by atoms with Gasteiger partial charge in [0.05, 0.1) is 12.8 Å². The van der Waals surface area contributed by atoms with Crippen molar-refractivity contribution < 1.29 is 18.3 Å². The molecule has 0 bridgehead atoms. The molecule has 0 aliphatic carbocycles. The number of carbonyl (C=O) groups excluding carboxylic acids is 1. The molecular weight excluding hydrogens is 380 g/mol. The lowest BCUT2D eigenvalue weighted by Gasteiger charge is -2.08. The van der Waals surface area contributed by atoms with Gasteiger partial charge in [-0.2, -0.15) is 5.10 Å². The number of hydrogen-bond acceptors (Lipinski definition) is 4. The molecule has 0 aliphatic rings. The minimum Gasteiger partial charge on any atom is -0.497 e. The number of rotatable bonds is 7. The molecule has 150 valence electrons. The summed E-state index contributed by atoms with van der Waals surface area (Å²) in [4.78, 5) is 24.0. The minimum atomic E-state index is -1.03. The van der Waals surface area contributed by atoms with Crippen molar-refractivity contribution in [2.45, 2.75) is 19.4 Å². The minimum absolute atomic E-state index is 0.0971. The third kappa shape index (κ3) is 5.25. The molecule has 1 heterocycles. The molecule has 6 nitrogen and oxygen atoms in total. The average Bonchev–Trinajstić information content (AvgIpc) is 2.72. The second-order valence-corrected chi connectivity index (χ2v) is 6.29. The molecule has 3 aromatic rings. The van der Waals surface area contributed by atoms with E-state index in [2.05, 4.69) is 10.4 Å². The van der Waals surface area contributed by atoms with Gasteiger partial charge in [0.15, 0.2) is 11.6 Å². The van der Waals surface area contributed by atoms with E-state index in [1.165, 1.54) is 16.8 Å². The molecule has 1 amide bonds. The number of nitrogens with zero attached hydrogens (tertiary/aromatic N) is 2. The number of nitrogens with one attached hydrogen (secondary N) is 1. The maximum Gasteiger partial charge on any atom is 0.266 e. The molecule has 29 heavy (non-hydrogen) atoms. The second kappa shape index (κ2) is 9.09. The van der Waals surface area contributed by atoms with Crippen LogP contribution in [0.2, 0.25) is 0 Å². The van der Waals surface area contributed by atoms with Gasteiger partial charge in [-0.05, 0) is 48.9 Å². The van der Waals surface area contributed by atoms with E-state index in [0.29, 0.717) is 17.9 Å². The van der Waals surface area contributed by atoms with E-state index in [1.54, 1.807) is 25.3 Å². The molecule has 0 saturated carbocycles. The van der Waals surface area contributed by atoms with Crippen molar-refractivity contribution in [3.05, 3.63) is 76.6 Å². The molecule has 3 rings (SSSR count). The van der Waals surface area contributed by atoms with Crippen molar-refractivity contribution >= 4 is 11.6 Å². The Morgan fingerprint density at radius 3 is 2.52 bits per heavy atom. The topological polar surface area (TPSA) is 73.2 Å². The predicted octanol–water partition coefficient (Wildman–Crippen LogP) is 3.62. The monoisotopic (exact) mass is 399 g/mol. The van der Waals surface area contributed by atoms with Gasteiger partial charge in [0.1, 0.15) is 5.75 Å². The van der Waals surface area contributed by atoms with Crippen molar-refractivity contribution in [2.75, 3.05) is 12.4 Å². The summed E-state index contributed by atoms with van der Waals surface area (Å²) < 4.78 is 32.5. The standard InChI is InChI=1S/C21H19F2N3O3/c1-29-16-7-4-14(5-8-16)19-10-11-21(28)26(25-19)12-2-3-20(27)24-15-6-9-17(22)18(23)13-15/h4-11,13H,2-3,12H2,1H3,(H,24,27). The number of hydrogen-bond donors (Lipinski definition) is 1. The number of benzene rings is 2. The van der Waals surface area contributed by atoms with Crippen LogP contribution in [0.5, 0.6) is 5.75 Å². The molecule has 1 N–H and O–H groups in total. The first kappa shape index (κ1) is 20.2. The van der Waals surface area contributed by atoms with E-state index in [4.69, 9.17) is 4.74 Å². The Bertz CT molecular complexity index is 1070. The first-order chi connectivity index (χ1) is 14.0. The molecule has 2 aromatic carbocycles. The van der Waals surface area contributed by atoms with Gasteiger partial charge in [-0.15, -0.1) is 0 Å². The highest BCUT2D eigenvalue weighted by Gasteiger charge is 2.08. The van der Waals surface area contributed by atoms with Crippen LogP contribution in [0.25, 0.3) is 11.3 Å². The van der Waals surface area contributed by atoms with Crippen LogP contribution in [-0.4, -0.2) is 22.8 Å². The lowest BCUT2D eigenvalue weighted by Crippen LogP contribution is -2.23. The van der Waals surface area contributed by atoms with Crippen LogP contribution < -0.4 is 15.6 Å². The normalized spacial score (nSPS) is 10.6. The van der Waals surface area contributed by atoms with E-state index in [9.17, 15) is 18.4 Å². The zero-order chi connectivity index (χ0) is 20.8. The summed E-state index contributed by atoms with van der Waals surface area (Å²) in [6.07, 6.45) is 0.453. The maximum absolute atomic E-state index is 13.2. The van der Waals surface area contributed by atoms with Crippen LogP contribution in [0, 0.1) is 11.6 Å². The van der Waals surface area contributed by atoms with Gasteiger partial charge in [-0.1, -0.05) is 0 Å². The van der Waals surface area contributed by atoms with E-state index >= 15 is 0 Å². The number of methoxy groups -OCH3 is 1. The summed E-state index contributed by atoms with van der Waals surface area (Å²) in [6, 6.07) is 13.5. The summed E-state index contributed by atoms with van der Waals surface area (Å²) in [5.41, 5.74) is 1.35. The molecule has 8 heteroatoms. The number of amides is 1. The van der Waals surface area contributed by atoms with Crippen molar-refractivity contribution in [1.82, 2.24) is 9.78 Å². The fraction of sp³-hybridized carbons (Fsp3) is 0.190. The molecule has 0 radical (unpaired) electrons. The van der Waals surface area contributed by atoms with Crippen LogP contribution >= 0.6 is 0 Å². The predicted molar refractivity (Wildman–Crippen MR) is 105 cm³/mol. The maximum atomic E-state index is 13.2. The molecule has 0 aliphatic heterocycles. The fourth-order valence-electron chi connectivity index (χ4n) is 2.71. The van der Waals surface area contributed by atoms with Crippen molar-refractivity contribution in [3.8, 4) is 17.0 Å². The quantitative estimate of drug-likeness (QED) is 0.659. The first-order valence-corrected chi connectivity index (χ1v) is 8.94. The van der Waals surface area contributed by atoms with E-state index in [-0.39, 0.29) is 30.1 Å². The van der Waals surface area contributed by atoms with Gasteiger partial charge >= 0.3 is 0 Å². The second-order valence-electron chi connectivity index (χ2n) is 6.29. The Balaban J connectivity index is 1.60. The number of aromatic nitrogens is 2. The highest BCUT2D eigenvalue weighted by Crippen LogP contribution is 2.19. The summed E-state index contributed by atoms with van der Waals surface area (Å²) >= 11 is 0. The van der Waals surface area contributed by atoms with Crippen LogP contribution in [0.15, 0.2) is 59.4 Å². The first-order valence-electron chi connectivity index (χ1n) is 8.94. The lowest BCUT2D eigenvalue weighted by molar-refractivity contribution is -0.116. The van der Waals surface area contributed by atoms with Crippen LogP contribution in [-0.2, 0) is 11.3 Å².